The molecule has 2 atom stereocenters. The van der Waals surface area contributed by atoms with Crippen LogP contribution in [0.1, 0.15) is 23.5 Å². The van der Waals surface area contributed by atoms with Gasteiger partial charge in [-0.15, -0.1) is 0 Å². The number of ether oxygens (including phenoxy) is 2. The Hall–Kier alpha value is -3.43. The molecule has 0 radical (unpaired) electrons. The third kappa shape index (κ3) is 5.15. The molecule has 2 aromatic rings. The first-order chi connectivity index (χ1) is 15.9. The molecule has 0 saturated carbocycles. The molecule has 1 heterocycles. The standard InChI is InChI=1S/C24H26N2O7/c27-15-12-26(9-10-32-13-15)23(30)21(11-22(28)29)25-24(31)33-14-20-18-7-3-1-5-16(18)17-6-2-4-8-19(17)20/h1-8,15,20-21,27H,9-14H2,(H,25,31)(H,28,29). The van der Waals surface area contributed by atoms with E-state index < -0.39 is 36.5 Å². The van der Waals surface area contributed by atoms with Crippen LogP contribution in [-0.2, 0) is 19.1 Å². The highest BCUT2D eigenvalue weighted by Gasteiger charge is 2.32. The Morgan fingerprint density at radius 3 is 2.36 bits per heavy atom. The van der Waals surface area contributed by atoms with Crippen molar-refractivity contribution < 1.29 is 34.1 Å². The zero-order valence-electron chi connectivity index (χ0n) is 18.0. The zero-order valence-corrected chi connectivity index (χ0v) is 18.0. The molecule has 1 fully saturated rings. The van der Waals surface area contributed by atoms with Crippen LogP contribution in [0.15, 0.2) is 48.5 Å². The number of rotatable bonds is 6. The van der Waals surface area contributed by atoms with Crippen LogP contribution in [0.4, 0.5) is 4.79 Å². The first-order valence-electron chi connectivity index (χ1n) is 10.8. The van der Waals surface area contributed by atoms with E-state index in [-0.39, 0.29) is 38.8 Å². The number of aliphatic hydroxyl groups is 1. The predicted octanol–water partition coefficient (Wildman–Crippen LogP) is 1.59. The number of nitrogens with one attached hydrogen (secondary N) is 1. The van der Waals surface area contributed by atoms with Gasteiger partial charge in [0.25, 0.3) is 0 Å². The summed E-state index contributed by atoms with van der Waals surface area (Å²) in [6.45, 7) is 0.546. The molecule has 33 heavy (non-hydrogen) atoms. The summed E-state index contributed by atoms with van der Waals surface area (Å²) in [7, 11) is 0. The summed E-state index contributed by atoms with van der Waals surface area (Å²) in [6.07, 6.45) is -2.35. The van der Waals surface area contributed by atoms with Gasteiger partial charge in [-0.25, -0.2) is 4.79 Å². The van der Waals surface area contributed by atoms with Crippen molar-refractivity contribution >= 4 is 18.0 Å². The number of β-amino-alcohol motifs (C(OH)–C–C–N with tert-alkyl or cyclic N) is 1. The van der Waals surface area contributed by atoms with E-state index in [1.807, 2.05) is 48.5 Å². The molecule has 3 N–H and O–H groups in total. The molecule has 1 aliphatic heterocycles. The molecule has 0 bridgehead atoms. The fourth-order valence-electron chi connectivity index (χ4n) is 4.37. The van der Waals surface area contributed by atoms with Crippen LogP contribution in [0.3, 0.4) is 0 Å². The SMILES string of the molecule is O=C(O)CC(NC(=O)OCC1c2ccccc2-c2ccccc21)C(=O)N1CCOCC(O)C1. The third-order valence-electron chi connectivity index (χ3n) is 5.87. The molecule has 2 aliphatic rings. The van der Waals surface area contributed by atoms with E-state index in [9.17, 15) is 24.6 Å². The van der Waals surface area contributed by atoms with Gasteiger partial charge < -0.3 is 29.9 Å². The molecule has 2 amide bonds. The second-order valence-corrected chi connectivity index (χ2v) is 8.13. The van der Waals surface area contributed by atoms with Gasteiger partial charge >= 0.3 is 12.1 Å². The van der Waals surface area contributed by atoms with Crippen LogP contribution in [0.5, 0.6) is 0 Å². The van der Waals surface area contributed by atoms with Crippen molar-refractivity contribution in [2.75, 3.05) is 32.9 Å². The number of benzene rings is 2. The van der Waals surface area contributed by atoms with Gasteiger partial charge in [0.05, 0.1) is 25.7 Å². The maximum absolute atomic E-state index is 12.9. The van der Waals surface area contributed by atoms with Gasteiger partial charge in [0, 0.05) is 19.0 Å². The number of aliphatic hydroxyl groups excluding tert-OH is 1. The second-order valence-electron chi connectivity index (χ2n) is 8.13. The summed E-state index contributed by atoms with van der Waals surface area (Å²) >= 11 is 0. The lowest BCUT2D eigenvalue weighted by atomic mass is 9.98. The van der Waals surface area contributed by atoms with Gasteiger partial charge in [0.2, 0.25) is 5.91 Å². The van der Waals surface area contributed by atoms with Crippen molar-refractivity contribution in [3.05, 3.63) is 59.7 Å². The summed E-state index contributed by atoms with van der Waals surface area (Å²) in [5, 5.41) is 21.5. The van der Waals surface area contributed by atoms with Crippen molar-refractivity contribution in [2.24, 2.45) is 0 Å². The normalized spacial score (nSPS) is 18.6. The minimum Gasteiger partial charge on any atom is -0.481 e. The summed E-state index contributed by atoms with van der Waals surface area (Å²) in [5.41, 5.74) is 4.26. The summed E-state index contributed by atoms with van der Waals surface area (Å²) in [5.74, 6) is -2.00. The number of alkyl carbamates (subject to hydrolysis) is 1. The number of hydrogen-bond acceptors (Lipinski definition) is 6. The third-order valence-corrected chi connectivity index (χ3v) is 5.87. The van der Waals surface area contributed by atoms with Crippen LogP contribution in [0.25, 0.3) is 11.1 Å². The summed E-state index contributed by atoms with van der Waals surface area (Å²) in [6, 6.07) is 14.5. The molecule has 9 nitrogen and oxygen atoms in total. The van der Waals surface area contributed by atoms with Gasteiger partial charge in [0.1, 0.15) is 12.6 Å². The molecule has 1 saturated heterocycles. The number of hydrogen-bond donors (Lipinski definition) is 3. The number of nitrogens with zero attached hydrogens (tertiary/aromatic N) is 1. The molecule has 2 aromatic carbocycles. The first kappa shape index (κ1) is 22.8. The largest absolute Gasteiger partial charge is 0.481 e. The molecule has 2 unspecified atom stereocenters. The highest BCUT2D eigenvalue weighted by molar-refractivity contribution is 5.89. The fraction of sp³-hybridized carbons (Fsp3) is 0.375. The Kier molecular flexibility index (Phi) is 6.90. The number of amides is 2. The summed E-state index contributed by atoms with van der Waals surface area (Å²) in [4.78, 5) is 38.1. The molecular weight excluding hydrogens is 428 g/mol. The fourth-order valence-corrected chi connectivity index (χ4v) is 4.37. The van der Waals surface area contributed by atoms with E-state index >= 15 is 0 Å². The van der Waals surface area contributed by atoms with E-state index in [1.54, 1.807) is 0 Å². The molecule has 1 aliphatic carbocycles. The minimum atomic E-state index is -1.32. The molecule has 4 rings (SSSR count). The Morgan fingerprint density at radius 2 is 1.73 bits per heavy atom. The van der Waals surface area contributed by atoms with E-state index in [0.717, 1.165) is 22.3 Å². The molecule has 0 aromatic heterocycles. The van der Waals surface area contributed by atoms with E-state index in [1.165, 1.54) is 4.90 Å². The monoisotopic (exact) mass is 454 g/mol. The van der Waals surface area contributed by atoms with E-state index in [4.69, 9.17) is 9.47 Å². The lowest BCUT2D eigenvalue weighted by Gasteiger charge is -2.26. The zero-order chi connectivity index (χ0) is 23.4. The van der Waals surface area contributed by atoms with Crippen molar-refractivity contribution in [3.63, 3.8) is 0 Å². The van der Waals surface area contributed by atoms with Crippen molar-refractivity contribution in [1.82, 2.24) is 10.2 Å². The predicted molar refractivity (Wildman–Crippen MR) is 118 cm³/mol. The minimum absolute atomic E-state index is 0.00131. The van der Waals surface area contributed by atoms with E-state index in [0.29, 0.717) is 0 Å². The summed E-state index contributed by atoms with van der Waals surface area (Å²) < 4.78 is 10.7. The molecular formula is C24H26N2O7. The topological polar surface area (TPSA) is 125 Å². The number of fused-ring (bicyclic) bond motifs is 3. The Balaban J connectivity index is 1.43. The van der Waals surface area contributed by atoms with Crippen molar-refractivity contribution in [3.8, 4) is 11.1 Å². The number of aliphatic carboxylic acids is 1. The average molecular weight is 454 g/mol. The Bertz CT molecular complexity index is 995. The second kappa shape index (κ2) is 10.0. The first-order valence-corrected chi connectivity index (χ1v) is 10.8. The lowest BCUT2D eigenvalue weighted by molar-refractivity contribution is -0.142. The maximum Gasteiger partial charge on any atom is 0.407 e. The molecule has 174 valence electrons. The van der Waals surface area contributed by atoms with Gasteiger partial charge in [-0.2, -0.15) is 0 Å². The number of carbonyl (C=O) groups excluding carboxylic acids is 2. The Morgan fingerprint density at radius 1 is 1.09 bits per heavy atom. The van der Waals surface area contributed by atoms with Gasteiger partial charge in [-0.1, -0.05) is 48.5 Å². The smallest absolute Gasteiger partial charge is 0.407 e. The average Bonchev–Trinajstić information content (AvgIpc) is 2.95. The van der Waals surface area contributed by atoms with Gasteiger partial charge in [-0.05, 0) is 22.3 Å². The molecule has 0 spiro atoms. The van der Waals surface area contributed by atoms with Crippen LogP contribution in [0, 0.1) is 0 Å². The molecule has 9 heteroatoms. The number of carboxylic acid groups (broad SMARTS) is 1. The van der Waals surface area contributed by atoms with Gasteiger partial charge in [0.15, 0.2) is 0 Å². The lowest BCUT2D eigenvalue weighted by Crippen LogP contribution is -2.51. The van der Waals surface area contributed by atoms with Gasteiger partial charge in [-0.3, -0.25) is 9.59 Å². The van der Waals surface area contributed by atoms with E-state index in [2.05, 4.69) is 5.32 Å². The highest BCUT2D eigenvalue weighted by Crippen LogP contribution is 2.44. The Labute approximate surface area is 190 Å². The maximum atomic E-state index is 12.9. The highest BCUT2D eigenvalue weighted by atomic mass is 16.5. The van der Waals surface area contributed by atoms with Crippen molar-refractivity contribution in [2.45, 2.75) is 24.5 Å². The number of carboxylic acids is 1. The van der Waals surface area contributed by atoms with Crippen LogP contribution < -0.4 is 5.32 Å². The van der Waals surface area contributed by atoms with Crippen molar-refractivity contribution in [1.29, 1.82) is 0 Å². The number of carbonyl (C=O) groups is 3. The van der Waals surface area contributed by atoms with Crippen LogP contribution >= 0.6 is 0 Å². The van der Waals surface area contributed by atoms with Crippen LogP contribution in [-0.4, -0.2) is 78.1 Å². The van der Waals surface area contributed by atoms with Crippen LogP contribution in [0.2, 0.25) is 0 Å². The quantitative estimate of drug-likeness (QED) is 0.605.